The van der Waals surface area contributed by atoms with Gasteiger partial charge in [0.25, 0.3) is 11.5 Å². The predicted octanol–water partition coefficient (Wildman–Crippen LogP) is 2.68. The molecule has 7 nitrogen and oxygen atoms in total. The van der Waals surface area contributed by atoms with E-state index in [0.29, 0.717) is 36.2 Å². The van der Waals surface area contributed by atoms with Gasteiger partial charge in [-0.1, -0.05) is 24.3 Å². The van der Waals surface area contributed by atoms with Crippen LogP contribution in [0, 0.1) is 0 Å². The number of aryl methyl sites for hydroxylation is 1. The topological polar surface area (TPSA) is 73.7 Å². The molecular weight excluding hydrogens is 370 g/mol. The van der Waals surface area contributed by atoms with Crippen LogP contribution in [0.1, 0.15) is 34.9 Å². The minimum Gasteiger partial charge on any atom is -0.486 e. The number of rotatable bonds is 2. The molecule has 0 aliphatic carbocycles. The van der Waals surface area contributed by atoms with E-state index in [9.17, 15) is 9.59 Å². The van der Waals surface area contributed by atoms with E-state index in [1.54, 1.807) is 25.2 Å². The number of carbonyl (C=O) groups excluding carboxylic acids is 1. The highest BCUT2D eigenvalue weighted by Gasteiger charge is 2.33. The van der Waals surface area contributed by atoms with Gasteiger partial charge in [-0.3, -0.25) is 9.59 Å². The fraction of sp³-hybridized carbons (Fsp3) is 0.318. The summed E-state index contributed by atoms with van der Waals surface area (Å²) in [4.78, 5) is 27.7. The molecule has 0 bridgehead atoms. The van der Waals surface area contributed by atoms with Crippen LogP contribution in [0.2, 0.25) is 0 Å². The summed E-state index contributed by atoms with van der Waals surface area (Å²) in [5, 5.41) is 5.41. The average molecular weight is 391 g/mol. The molecule has 0 spiro atoms. The van der Waals surface area contributed by atoms with Crippen LogP contribution < -0.4 is 15.0 Å². The number of benzene rings is 2. The van der Waals surface area contributed by atoms with Gasteiger partial charge in [-0.2, -0.15) is 5.10 Å². The third kappa shape index (κ3) is 2.93. The summed E-state index contributed by atoms with van der Waals surface area (Å²) in [5.41, 5.74) is 1.13. The molecule has 0 radical (unpaired) electrons. The van der Waals surface area contributed by atoms with Crippen molar-refractivity contribution < 1.29 is 14.3 Å². The number of carbonyl (C=O) groups is 1. The van der Waals surface area contributed by atoms with Gasteiger partial charge < -0.3 is 14.4 Å². The Hall–Kier alpha value is -3.35. The van der Waals surface area contributed by atoms with Crippen LogP contribution in [-0.4, -0.2) is 40.3 Å². The Bertz CT molecular complexity index is 1170. The molecule has 1 fully saturated rings. The average Bonchev–Trinajstić information content (AvgIpc) is 3.25. The lowest BCUT2D eigenvalue weighted by molar-refractivity contribution is 0.0729. The zero-order valence-electron chi connectivity index (χ0n) is 16.1. The van der Waals surface area contributed by atoms with Crippen molar-refractivity contribution >= 4 is 16.7 Å². The van der Waals surface area contributed by atoms with Gasteiger partial charge in [-0.25, -0.2) is 4.68 Å². The van der Waals surface area contributed by atoms with Gasteiger partial charge in [0.1, 0.15) is 13.2 Å². The molecule has 1 amide bonds. The lowest BCUT2D eigenvalue weighted by Crippen LogP contribution is -2.33. The molecule has 2 aromatic carbocycles. The molecule has 1 unspecified atom stereocenters. The van der Waals surface area contributed by atoms with Crippen LogP contribution >= 0.6 is 0 Å². The van der Waals surface area contributed by atoms with Crippen molar-refractivity contribution in [2.75, 3.05) is 19.8 Å². The van der Waals surface area contributed by atoms with E-state index in [2.05, 4.69) is 5.10 Å². The van der Waals surface area contributed by atoms with Crippen molar-refractivity contribution in [3.05, 3.63) is 64.1 Å². The molecule has 2 aliphatic rings. The zero-order valence-corrected chi connectivity index (χ0v) is 16.1. The van der Waals surface area contributed by atoms with Crippen LogP contribution in [0.5, 0.6) is 11.5 Å². The first kappa shape index (κ1) is 17.7. The Morgan fingerprint density at radius 2 is 1.83 bits per heavy atom. The zero-order chi connectivity index (χ0) is 20.0. The molecule has 3 heterocycles. The number of ether oxygens (including phenoxy) is 2. The monoisotopic (exact) mass is 391 g/mol. The second-order valence-electron chi connectivity index (χ2n) is 7.38. The summed E-state index contributed by atoms with van der Waals surface area (Å²) >= 11 is 0. The smallest absolute Gasteiger partial charge is 0.275 e. The highest BCUT2D eigenvalue weighted by Crippen LogP contribution is 2.38. The Morgan fingerprint density at radius 1 is 1.07 bits per heavy atom. The van der Waals surface area contributed by atoms with Crippen LogP contribution in [0.25, 0.3) is 10.8 Å². The summed E-state index contributed by atoms with van der Waals surface area (Å²) in [6.45, 7) is 1.72. The molecule has 29 heavy (non-hydrogen) atoms. The van der Waals surface area contributed by atoms with Crippen molar-refractivity contribution in [3.8, 4) is 11.5 Å². The summed E-state index contributed by atoms with van der Waals surface area (Å²) in [7, 11) is 1.58. The van der Waals surface area contributed by atoms with E-state index < -0.39 is 0 Å². The molecule has 0 N–H and O–H groups in total. The first-order chi connectivity index (χ1) is 14.1. The maximum Gasteiger partial charge on any atom is 0.275 e. The minimum absolute atomic E-state index is 0.0591. The van der Waals surface area contributed by atoms with Crippen molar-refractivity contribution in [2.24, 2.45) is 7.05 Å². The summed E-state index contributed by atoms with van der Waals surface area (Å²) < 4.78 is 12.6. The number of likely N-dealkylation sites (tertiary alicyclic amines) is 1. The molecule has 0 saturated carbocycles. The van der Waals surface area contributed by atoms with Gasteiger partial charge >= 0.3 is 0 Å². The van der Waals surface area contributed by atoms with Gasteiger partial charge in [0.15, 0.2) is 17.2 Å². The minimum atomic E-state index is -0.207. The van der Waals surface area contributed by atoms with Crippen LogP contribution in [-0.2, 0) is 7.05 Å². The normalized spacial score (nSPS) is 18.2. The molecule has 7 heteroatoms. The van der Waals surface area contributed by atoms with E-state index in [4.69, 9.17) is 9.47 Å². The quantitative estimate of drug-likeness (QED) is 0.672. The highest BCUT2D eigenvalue weighted by molar-refractivity contribution is 6.05. The SMILES string of the molecule is Cn1nc(C(=O)N2CCCC2c2ccc3c(c2)OCCO3)c2ccccc2c1=O. The summed E-state index contributed by atoms with van der Waals surface area (Å²) in [5.74, 6) is 1.30. The van der Waals surface area contributed by atoms with Gasteiger partial charge in [-0.15, -0.1) is 0 Å². The number of hydrogen-bond acceptors (Lipinski definition) is 5. The van der Waals surface area contributed by atoms with Crippen molar-refractivity contribution in [3.63, 3.8) is 0 Å². The van der Waals surface area contributed by atoms with Gasteiger partial charge in [0, 0.05) is 19.0 Å². The van der Waals surface area contributed by atoms with Gasteiger partial charge in [-0.05, 0) is 36.6 Å². The van der Waals surface area contributed by atoms with Crippen molar-refractivity contribution in [1.82, 2.24) is 14.7 Å². The number of nitrogens with zero attached hydrogens (tertiary/aromatic N) is 3. The Kier molecular flexibility index (Phi) is 4.23. The molecule has 1 aromatic heterocycles. The number of fused-ring (bicyclic) bond motifs is 2. The highest BCUT2D eigenvalue weighted by atomic mass is 16.6. The number of aromatic nitrogens is 2. The molecular formula is C22H21N3O4. The summed E-state index contributed by atoms with van der Waals surface area (Å²) in [6.07, 6.45) is 1.78. The summed E-state index contributed by atoms with van der Waals surface area (Å²) in [6, 6.07) is 13.0. The van der Waals surface area contributed by atoms with E-state index in [-0.39, 0.29) is 17.5 Å². The third-order valence-electron chi connectivity index (χ3n) is 5.62. The maximum atomic E-state index is 13.5. The van der Waals surface area contributed by atoms with Crippen molar-refractivity contribution in [2.45, 2.75) is 18.9 Å². The lowest BCUT2D eigenvalue weighted by Gasteiger charge is -2.27. The standard InChI is InChI=1S/C22H21N3O4/c1-24-21(26)16-6-3-2-5-15(16)20(23-24)22(27)25-10-4-7-17(25)14-8-9-18-19(13-14)29-12-11-28-18/h2-3,5-6,8-9,13,17H,4,7,10-12H2,1H3. The fourth-order valence-corrected chi connectivity index (χ4v) is 4.22. The van der Waals surface area contributed by atoms with E-state index in [1.807, 2.05) is 29.2 Å². The van der Waals surface area contributed by atoms with Crippen molar-refractivity contribution in [1.29, 1.82) is 0 Å². The first-order valence-electron chi connectivity index (χ1n) is 9.80. The Morgan fingerprint density at radius 3 is 2.66 bits per heavy atom. The predicted molar refractivity (Wildman–Crippen MR) is 107 cm³/mol. The fourth-order valence-electron chi connectivity index (χ4n) is 4.22. The lowest BCUT2D eigenvalue weighted by atomic mass is 10.0. The van der Waals surface area contributed by atoms with Gasteiger partial charge in [0.2, 0.25) is 0 Å². The van der Waals surface area contributed by atoms with Crippen LogP contribution in [0.4, 0.5) is 0 Å². The molecule has 2 aliphatic heterocycles. The van der Waals surface area contributed by atoms with E-state index in [1.165, 1.54) is 4.68 Å². The third-order valence-corrected chi connectivity index (χ3v) is 5.62. The molecule has 1 saturated heterocycles. The Labute approximate surface area is 167 Å². The molecule has 1 atom stereocenters. The van der Waals surface area contributed by atoms with E-state index in [0.717, 1.165) is 29.9 Å². The largest absolute Gasteiger partial charge is 0.486 e. The molecule has 3 aromatic rings. The maximum absolute atomic E-state index is 13.5. The first-order valence-corrected chi connectivity index (χ1v) is 9.80. The Balaban J connectivity index is 1.54. The molecule has 5 rings (SSSR count). The second-order valence-corrected chi connectivity index (χ2v) is 7.38. The second kappa shape index (κ2) is 6.92. The molecule has 148 valence electrons. The number of amides is 1. The van der Waals surface area contributed by atoms with Crippen LogP contribution in [0.3, 0.4) is 0 Å². The van der Waals surface area contributed by atoms with Gasteiger partial charge in [0.05, 0.1) is 11.4 Å². The van der Waals surface area contributed by atoms with E-state index >= 15 is 0 Å². The number of hydrogen-bond donors (Lipinski definition) is 0. The van der Waals surface area contributed by atoms with Crippen LogP contribution in [0.15, 0.2) is 47.3 Å².